The summed E-state index contributed by atoms with van der Waals surface area (Å²) in [6.07, 6.45) is 4.84. The van der Waals surface area contributed by atoms with Crippen LogP contribution in [0, 0.1) is 5.92 Å². The molecule has 0 bridgehead atoms. The molecule has 29 heavy (non-hydrogen) atoms. The number of imidazole rings is 1. The minimum absolute atomic E-state index is 0.00417. The molecule has 6 heteroatoms. The van der Waals surface area contributed by atoms with Gasteiger partial charge in [-0.25, -0.2) is 4.98 Å². The highest BCUT2D eigenvalue weighted by Gasteiger charge is 2.35. The summed E-state index contributed by atoms with van der Waals surface area (Å²) in [5, 5.41) is 3.99. The number of carbonyl (C=O) groups excluding carboxylic acids is 1. The van der Waals surface area contributed by atoms with Gasteiger partial charge in [-0.2, -0.15) is 0 Å². The first-order chi connectivity index (χ1) is 14.2. The second-order valence-corrected chi connectivity index (χ2v) is 8.45. The molecule has 1 aliphatic carbocycles. The Kier molecular flexibility index (Phi) is 4.92. The van der Waals surface area contributed by atoms with Crippen molar-refractivity contribution in [3.05, 3.63) is 58.9 Å². The van der Waals surface area contributed by atoms with E-state index in [1.165, 1.54) is 0 Å². The van der Waals surface area contributed by atoms with E-state index in [9.17, 15) is 4.79 Å². The van der Waals surface area contributed by atoms with Crippen molar-refractivity contribution in [2.24, 2.45) is 5.92 Å². The van der Waals surface area contributed by atoms with Gasteiger partial charge in [-0.15, -0.1) is 0 Å². The minimum atomic E-state index is -0.0743. The maximum atomic E-state index is 13.3. The fourth-order valence-corrected chi connectivity index (χ4v) is 4.89. The summed E-state index contributed by atoms with van der Waals surface area (Å²) >= 11 is 6.12. The van der Waals surface area contributed by atoms with Gasteiger partial charge in [0.2, 0.25) is 5.91 Å². The van der Waals surface area contributed by atoms with E-state index in [0.717, 1.165) is 60.3 Å². The molecule has 1 aromatic heterocycles. The summed E-state index contributed by atoms with van der Waals surface area (Å²) in [6, 6.07) is 13.6. The number of nitrogens with zero attached hydrogens (tertiary/aromatic N) is 1. The predicted molar refractivity (Wildman–Crippen MR) is 113 cm³/mol. The molecule has 0 spiro atoms. The van der Waals surface area contributed by atoms with Gasteiger partial charge >= 0.3 is 0 Å². The molecule has 0 radical (unpaired) electrons. The minimum Gasteiger partial charge on any atom is -0.493 e. The third-order valence-electron chi connectivity index (χ3n) is 6.19. The average molecular weight is 410 g/mol. The SMILES string of the molecule is O=C(N[C@@H]1CCOc2ccccc21)[C@@H]1CCCC[C@@H]1c1nc2ccc(Cl)cc2[nH]1. The molecule has 2 N–H and O–H groups in total. The van der Waals surface area contributed by atoms with Crippen LogP contribution >= 0.6 is 11.6 Å². The number of para-hydroxylation sites is 1. The summed E-state index contributed by atoms with van der Waals surface area (Å²) in [5.74, 6) is 1.92. The van der Waals surface area contributed by atoms with Crippen molar-refractivity contribution in [1.82, 2.24) is 15.3 Å². The molecule has 2 heterocycles. The van der Waals surface area contributed by atoms with Crippen LogP contribution in [0.1, 0.15) is 55.5 Å². The topological polar surface area (TPSA) is 67.0 Å². The van der Waals surface area contributed by atoms with E-state index in [1.807, 2.05) is 42.5 Å². The van der Waals surface area contributed by atoms with E-state index < -0.39 is 0 Å². The molecule has 3 aromatic rings. The quantitative estimate of drug-likeness (QED) is 0.630. The number of aromatic nitrogens is 2. The van der Waals surface area contributed by atoms with Crippen LogP contribution in [0.5, 0.6) is 5.75 Å². The molecule has 1 amide bonds. The standard InChI is InChI=1S/C23H24ClN3O2/c24-14-9-10-19-20(13-14)26-22(25-19)15-5-1-2-6-16(15)23(28)27-18-11-12-29-21-8-4-3-7-17(18)21/h3-4,7-10,13,15-16,18H,1-2,5-6,11-12H2,(H,25,26)(H,27,28)/t15-,16+,18+/m0/s1. The van der Waals surface area contributed by atoms with Crippen molar-refractivity contribution < 1.29 is 9.53 Å². The smallest absolute Gasteiger partial charge is 0.224 e. The van der Waals surface area contributed by atoms with Crippen LogP contribution in [0.4, 0.5) is 0 Å². The first-order valence-corrected chi connectivity index (χ1v) is 10.7. The summed E-state index contributed by atoms with van der Waals surface area (Å²) in [7, 11) is 0. The van der Waals surface area contributed by atoms with Crippen LogP contribution in [-0.2, 0) is 4.79 Å². The third kappa shape index (κ3) is 3.60. The summed E-state index contributed by atoms with van der Waals surface area (Å²) < 4.78 is 5.74. The van der Waals surface area contributed by atoms with Crippen molar-refractivity contribution >= 4 is 28.5 Å². The second-order valence-electron chi connectivity index (χ2n) is 8.02. The first kappa shape index (κ1) is 18.5. The monoisotopic (exact) mass is 409 g/mol. The lowest BCUT2D eigenvalue weighted by Crippen LogP contribution is -2.39. The highest BCUT2D eigenvalue weighted by atomic mass is 35.5. The lowest BCUT2D eigenvalue weighted by atomic mass is 9.78. The number of hydrogen-bond donors (Lipinski definition) is 2. The van der Waals surface area contributed by atoms with E-state index in [0.29, 0.717) is 11.6 Å². The van der Waals surface area contributed by atoms with Gasteiger partial charge in [-0.1, -0.05) is 42.6 Å². The Morgan fingerprint density at radius 2 is 2.00 bits per heavy atom. The van der Waals surface area contributed by atoms with E-state index in [-0.39, 0.29) is 23.8 Å². The van der Waals surface area contributed by atoms with E-state index in [4.69, 9.17) is 21.3 Å². The fraction of sp³-hybridized carbons (Fsp3) is 0.391. The second kappa shape index (κ2) is 7.71. The number of hydrogen-bond acceptors (Lipinski definition) is 3. The molecule has 5 rings (SSSR count). The van der Waals surface area contributed by atoms with Crippen molar-refractivity contribution in [3.63, 3.8) is 0 Å². The molecule has 1 saturated carbocycles. The number of rotatable bonds is 3. The molecule has 2 aliphatic rings. The van der Waals surface area contributed by atoms with Crippen molar-refractivity contribution in [3.8, 4) is 5.75 Å². The van der Waals surface area contributed by atoms with Gasteiger partial charge < -0.3 is 15.0 Å². The van der Waals surface area contributed by atoms with Crippen LogP contribution in [0.15, 0.2) is 42.5 Å². The predicted octanol–water partition coefficient (Wildman–Crippen LogP) is 5.13. The van der Waals surface area contributed by atoms with E-state index in [2.05, 4.69) is 10.3 Å². The number of fused-ring (bicyclic) bond motifs is 2. The lowest BCUT2D eigenvalue weighted by molar-refractivity contribution is -0.127. The van der Waals surface area contributed by atoms with Crippen molar-refractivity contribution in [1.29, 1.82) is 0 Å². The van der Waals surface area contributed by atoms with Gasteiger partial charge in [0.15, 0.2) is 0 Å². The Morgan fingerprint density at radius 3 is 2.93 bits per heavy atom. The zero-order valence-corrected chi connectivity index (χ0v) is 16.9. The maximum Gasteiger partial charge on any atom is 0.224 e. The number of benzene rings is 2. The van der Waals surface area contributed by atoms with Crippen LogP contribution in [0.3, 0.4) is 0 Å². The maximum absolute atomic E-state index is 13.3. The number of amides is 1. The van der Waals surface area contributed by atoms with Gasteiger partial charge in [0.25, 0.3) is 0 Å². The van der Waals surface area contributed by atoms with Crippen LogP contribution in [0.2, 0.25) is 5.02 Å². The highest BCUT2D eigenvalue weighted by Crippen LogP contribution is 2.39. The Labute approximate surface area is 174 Å². The van der Waals surface area contributed by atoms with Gasteiger partial charge in [-0.3, -0.25) is 4.79 Å². The molecule has 2 aromatic carbocycles. The Bertz CT molecular complexity index is 1050. The Hall–Kier alpha value is -2.53. The summed E-state index contributed by atoms with van der Waals surface area (Å²) in [4.78, 5) is 21.5. The zero-order valence-electron chi connectivity index (χ0n) is 16.2. The number of H-pyrrole nitrogens is 1. The zero-order chi connectivity index (χ0) is 19.8. The van der Waals surface area contributed by atoms with E-state index >= 15 is 0 Å². The van der Waals surface area contributed by atoms with E-state index in [1.54, 1.807) is 0 Å². The van der Waals surface area contributed by atoms with Crippen molar-refractivity contribution in [2.75, 3.05) is 6.61 Å². The summed E-state index contributed by atoms with van der Waals surface area (Å²) in [6.45, 7) is 0.625. The molecular formula is C23H24ClN3O2. The number of halogens is 1. The normalized spacial score (nSPS) is 24.0. The molecule has 1 aliphatic heterocycles. The molecule has 150 valence electrons. The first-order valence-electron chi connectivity index (χ1n) is 10.4. The lowest BCUT2D eigenvalue weighted by Gasteiger charge is -2.32. The summed E-state index contributed by atoms with van der Waals surface area (Å²) in [5.41, 5.74) is 2.89. The molecule has 0 unspecified atom stereocenters. The van der Waals surface area contributed by atoms with Crippen LogP contribution in [-0.4, -0.2) is 22.5 Å². The molecule has 5 nitrogen and oxygen atoms in total. The van der Waals surface area contributed by atoms with Gasteiger partial charge in [0.1, 0.15) is 11.6 Å². The number of nitrogens with one attached hydrogen (secondary N) is 2. The molecule has 1 fully saturated rings. The fourth-order valence-electron chi connectivity index (χ4n) is 4.72. The average Bonchev–Trinajstić information content (AvgIpc) is 3.17. The molecular weight excluding hydrogens is 386 g/mol. The van der Waals surface area contributed by atoms with Crippen LogP contribution in [0.25, 0.3) is 11.0 Å². The van der Waals surface area contributed by atoms with Crippen molar-refractivity contribution in [2.45, 2.75) is 44.1 Å². The third-order valence-corrected chi connectivity index (χ3v) is 6.43. The number of aromatic amines is 1. The highest BCUT2D eigenvalue weighted by molar-refractivity contribution is 6.31. The van der Waals surface area contributed by atoms with Gasteiger partial charge in [-0.05, 0) is 37.1 Å². The number of ether oxygens (including phenoxy) is 1. The largest absolute Gasteiger partial charge is 0.493 e. The van der Waals surface area contributed by atoms with Gasteiger partial charge in [0.05, 0.1) is 23.7 Å². The Morgan fingerprint density at radius 1 is 1.14 bits per heavy atom. The number of carbonyl (C=O) groups is 1. The molecule has 0 saturated heterocycles. The molecule has 3 atom stereocenters. The van der Waals surface area contributed by atoms with Crippen LogP contribution < -0.4 is 10.1 Å². The Balaban J connectivity index is 1.39. The van der Waals surface area contributed by atoms with Gasteiger partial charge in [0, 0.05) is 28.8 Å².